The number of nitrogens with zero attached hydrogens (tertiary/aromatic N) is 1. The largest absolute Gasteiger partial charge is 0.461 e. The third-order valence-electron chi connectivity index (χ3n) is 5.05. The number of carbonyl (C=O) groups is 1. The maximum atomic E-state index is 12.6. The quantitative estimate of drug-likeness (QED) is 0.539. The first-order valence-corrected chi connectivity index (χ1v) is 9.49. The van der Waals surface area contributed by atoms with E-state index in [1.165, 1.54) is 19.3 Å². The molecule has 0 saturated carbocycles. The van der Waals surface area contributed by atoms with Gasteiger partial charge in [-0.1, -0.05) is 18.6 Å². The summed E-state index contributed by atoms with van der Waals surface area (Å²) in [5.41, 5.74) is 8.40. The maximum Gasteiger partial charge on any atom is 0.342 e. The molecule has 1 fully saturated rings. The van der Waals surface area contributed by atoms with Crippen LogP contribution in [0, 0.1) is 0 Å². The highest BCUT2D eigenvalue weighted by Crippen LogP contribution is 2.30. The van der Waals surface area contributed by atoms with Crippen molar-refractivity contribution in [2.45, 2.75) is 19.3 Å². The van der Waals surface area contributed by atoms with Gasteiger partial charge in [-0.3, -0.25) is 4.90 Å². The topological polar surface area (TPSA) is 68.7 Å². The molecule has 0 atom stereocenters. The lowest BCUT2D eigenvalue weighted by atomic mass is 10.1. The molecule has 1 aliphatic heterocycles. The molecule has 0 unspecified atom stereocenters. The van der Waals surface area contributed by atoms with E-state index in [4.69, 9.17) is 14.9 Å². The highest BCUT2D eigenvalue weighted by molar-refractivity contribution is 6.03. The van der Waals surface area contributed by atoms with E-state index in [1.807, 2.05) is 42.5 Å². The number of rotatable bonds is 5. The second kappa shape index (κ2) is 7.84. The maximum absolute atomic E-state index is 12.6. The molecule has 3 aromatic rings. The predicted molar refractivity (Wildman–Crippen MR) is 107 cm³/mol. The minimum absolute atomic E-state index is 0.337. The Balaban J connectivity index is 1.49. The van der Waals surface area contributed by atoms with E-state index in [1.54, 1.807) is 6.07 Å². The van der Waals surface area contributed by atoms with Crippen LogP contribution in [0.15, 0.2) is 52.9 Å². The van der Waals surface area contributed by atoms with Gasteiger partial charge in [-0.15, -0.1) is 0 Å². The molecular formula is C22H24N2O3. The molecule has 5 nitrogen and oxygen atoms in total. The average molecular weight is 364 g/mol. The number of esters is 1. The number of hydrogen-bond acceptors (Lipinski definition) is 5. The van der Waals surface area contributed by atoms with E-state index >= 15 is 0 Å². The van der Waals surface area contributed by atoms with Crippen LogP contribution in [-0.2, 0) is 4.74 Å². The van der Waals surface area contributed by atoms with E-state index in [9.17, 15) is 4.79 Å². The molecule has 0 radical (unpaired) electrons. The number of benzene rings is 2. The second-order valence-electron chi connectivity index (χ2n) is 6.99. The summed E-state index contributed by atoms with van der Waals surface area (Å²) in [7, 11) is 0. The molecule has 140 valence electrons. The average Bonchev–Trinajstić information content (AvgIpc) is 3.13. The molecule has 2 heterocycles. The third-order valence-corrected chi connectivity index (χ3v) is 5.05. The minimum atomic E-state index is -0.337. The van der Waals surface area contributed by atoms with E-state index in [2.05, 4.69) is 4.90 Å². The summed E-state index contributed by atoms with van der Waals surface area (Å²) >= 11 is 0. The molecule has 1 aromatic heterocycles. The van der Waals surface area contributed by atoms with Crippen LogP contribution in [0.2, 0.25) is 0 Å². The smallest absolute Gasteiger partial charge is 0.342 e. The van der Waals surface area contributed by atoms with Gasteiger partial charge in [-0.25, -0.2) is 4.79 Å². The molecule has 27 heavy (non-hydrogen) atoms. The number of carbonyl (C=O) groups excluding carboxylic acids is 1. The van der Waals surface area contributed by atoms with Gasteiger partial charge in [0.1, 0.15) is 23.5 Å². The molecule has 5 heteroatoms. The Labute approximate surface area is 158 Å². The lowest BCUT2D eigenvalue weighted by Gasteiger charge is -2.25. The fourth-order valence-corrected chi connectivity index (χ4v) is 3.54. The number of fused-ring (bicyclic) bond motifs is 1. The zero-order chi connectivity index (χ0) is 18.6. The van der Waals surface area contributed by atoms with Gasteiger partial charge in [0.25, 0.3) is 0 Å². The van der Waals surface area contributed by atoms with Crippen LogP contribution in [0.1, 0.15) is 29.6 Å². The molecule has 2 N–H and O–H groups in total. The van der Waals surface area contributed by atoms with Crippen LogP contribution in [-0.4, -0.2) is 37.1 Å². The summed E-state index contributed by atoms with van der Waals surface area (Å²) in [6.45, 7) is 3.38. The third kappa shape index (κ3) is 3.98. The Morgan fingerprint density at radius 1 is 1.07 bits per heavy atom. The van der Waals surface area contributed by atoms with Crippen molar-refractivity contribution in [3.8, 4) is 11.3 Å². The van der Waals surface area contributed by atoms with Crippen molar-refractivity contribution in [2.24, 2.45) is 0 Å². The summed E-state index contributed by atoms with van der Waals surface area (Å²) in [5.74, 6) is 0.370. The van der Waals surface area contributed by atoms with Gasteiger partial charge in [-0.05, 0) is 62.3 Å². The van der Waals surface area contributed by atoms with Crippen LogP contribution in [0.3, 0.4) is 0 Å². The zero-order valence-corrected chi connectivity index (χ0v) is 15.3. The molecule has 0 bridgehead atoms. The van der Waals surface area contributed by atoms with Crippen LogP contribution < -0.4 is 5.73 Å². The summed E-state index contributed by atoms with van der Waals surface area (Å²) in [6.07, 6.45) is 3.76. The number of anilines is 1. The van der Waals surface area contributed by atoms with Crippen LogP contribution in [0.4, 0.5) is 5.69 Å². The summed E-state index contributed by atoms with van der Waals surface area (Å²) < 4.78 is 11.5. The first-order valence-electron chi connectivity index (χ1n) is 9.49. The van der Waals surface area contributed by atoms with Gasteiger partial charge in [-0.2, -0.15) is 0 Å². The number of likely N-dealkylation sites (tertiary alicyclic amines) is 1. The van der Waals surface area contributed by atoms with Gasteiger partial charge in [0, 0.05) is 23.2 Å². The van der Waals surface area contributed by atoms with Crippen LogP contribution >= 0.6 is 0 Å². The monoisotopic (exact) mass is 364 g/mol. The highest BCUT2D eigenvalue weighted by atomic mass is 16.5. The number of para-hydroxylation sites is 1. The number of furan rings is 1. The first-order chi connectivity index (χ1) is 13.2. The van der Waals surface area contributed by atoms with E-state index in [0.717, 1.165) is 30.6 Å². The van der Waals surface area contributed by atoms with E-state index in [-0.39, 0.29) is 5.97 Å². The van der Waals surface area contributed by atoms with Gasteiger partial charge in [0.2, 0.25) is 0 Å². The molecule has 4 rings (SSSR count). The van der Waals surface area contributed by atoms with Crippen molar-refractivity contribution in [3.05, 3.63) is 54.1 Å². The lowest BCUT2D eigenvalue weighted by molar-refractivity contribution is 0.0453. The van der Waals surface area contributed by atoms with Gasteiger partial charge < -0.3 is 14.9 Å². The lowest BCUT2D eigenvalue weighted by Crippen LogP contribution is -2.33. The van der Waals surface area contributed by atoms with E-state index < -0.39 is 0 Å². The Kier molecular flexibility index (Phi) is 5.12. The van der Waals surface area contributed by atoms with E-state index in [0.29, 0.717) is 29.2 Å². The number of ether oxygens (including phenoxy) is 1. The highest BCUT2D eigenvalue weighted by Gasteiger charge is 2.17. The molecule has 2 aromatic carbocycles. The molecule has 0 spiro atoms. The first kappa shape index (κ1) is 17.6. The number of hydrogen-bond donors (Lipinski definition) is 1. The number of nitrogen functional groups attached to an aromatic ring is 1. The number of nitrogens with two attached hydrogens (primary N) is 1. The molecule has 1 aliphatic rings. The van der Waals surface area contributed by atoms with Gasteiger partial charge >= 0.3 is 5.97 Å². The fourth-order valence-electron chi connectivity index (χ4n) is 3.54. The van der Waals surface area contributed by atoms with Crippen LogP contribution in [0.5, 0.6) is 0 Å². The Morgan fingerprint density at radius 2 is 1.85 bits per heavy atom. The standard InChI is InChI=1S/C22H24N2O3/c23-18-9-7-16(8-10-18)20-15-17-5-4-6-19(21(17)27-20)22(25)26-14-13-24-11-2-1-3-12-24/h4-10,15H,1-3,11-14,23H2. The van der Waals surface area contributed by atoms with Crippen molar-refractivity contribution < 1.29 is 13.9 Å². The molecule has 0 aliphatic carbocycles. The summed E-state index contributed by atoms with van der Waals surface area (Å²) in [4.78, 5) is 14.9. The molecule has 1 saturated heterocycles. The fraction of sp³-hybridized carbons (Fsp3) is 0.318. The number of piperidine rings is 1. The second-order valence-corrected chi connectivity index (χ2v) is 6.99. The molecule has 0 amide bonds. The van der Waals surface area contributed by atoms with Crippen molar-refractivity contribution in [2.75, 3.05) is 32.0 Å². The van der Waals surface area contributed by atoms with Crippen molar-refractivity contribution in [1.29, 1.82) is 0 Å². The van der Waals surface area contributed by atoms with Gasteiger partial charge in [0.05, 0.1) is 0 Å². The van der Waals surface area contributed by atoms with Crippen molar-refractivity contribution >= 4 is 22.6 Å². The Morgan fingerprint density at radius 3 is 2.63 bits per heavy atom. The molecular weight excluding hydrogens is 340 g/mol. The Bertz CT molecular complexity index is 924. The normalized spacial score (nSPS) is 15.1. The predicted octanol–water partition coefficient (Wildman–Crippen LogP) is 4.32. The summed E-state index contributed by atoms with van der Waals surface area (Å²) in [6, 6.07) is 15.0. The van der Waals surface area contributed by atoms with Crippen molar-refractivity contribution in [3.63, 3.8) is 0 Å². The Hall–Kier alpha value is -2.79. The van der Waals surface area contributed by atoms with Crippen LogP contribution in [0.25, 0.3) is 22.3 Å². The zero-order valence-electron chi connectivity index (χ0n) is 15.3. The van der Waals surface area contributed by atoms with Gasteiger partial charge in [0.15, 0.2) is 0 Å². The minimum Gasteiger partial charge on any atom is -0.461 e. The summed E-state index contributed by atoms with van der Waals surface area (Å²) in [5, 5.41) is 0.882. The van der Waals surface area contributed by atoms with Crippen molar-refractivity contribution in [1.82, 2.24) is 4.90 Å². The SMILES string of the molecule is Nc1ccc(-c2cc3cccc(C(=O)OCCN4CCCCC4)c3o2)cc1.